The predicted molar refractivity (Wildman–Crippen MR) is 104 cm³/mol. The number of nitrogens with one attached hydrogen (secondary N) is 2. The summed E-state index contributed by atoms with van der Waals surface area (Å²) in [5.74, 6) is -0.377. The Hall–Kier alpha value is -2.14. The smallest absolute Gasteiger partial charge is 0.257 e. The second kappa shape index (κ2) is 7.18. The number of amides is 1. The molecule has 0 atom stereocenters. The van der Waals surface area contributed by atoms with E-state index in [0.717, 1.165) is 16.5 Å². The molecular formula is C18H12Cl2N2OS. The molecule has 0 aliphatic rings. The van der Waals surface area contributed by atoms with Crippen LogP contribution in [0.1, 0.15) is 10.4 Å². The van der Waals surface area contributed by atoms with Crippen LogP contribution in [0, 0.1) is 0 Å². The Balaban J connectivity index is 1.71. The lowest BCUT2D eigenvalue weighted by atomic mass is 10.1. The van der Waals surface area contributed by atoms with Gasteiger partial charge in [0.1, 0.15) is 0 Å². The van der Waals surface area contributed by atoms with Gasteiger partial charge in [-0.1, -0.05) is 53.5 Å². The highest BCUT2D eigenvalue weighted by Crippen LogP contribution is 2.20. The third-order valence-electron chi connectivity index (χ3n) is 3.36. The highest BCUT2D eigenvalue weighted by molar-refractivity contribution is 7.80. The fourth-order valence-electron chi connectivity index (χ4n) is 2.29. The average Bonchev–Trinajstić information content (AvgIpc) is 2.53. The van der Waals surface area contributed by atoms with Crippen molar-refractivity contribution in [2.45, 2.75) is 0 Å². The van der Waals surface area contributed by atoms with Crippen molar-refractivity contribution >= 4 is 62.9 Å². The Bertz CT molecular complexity index is 923. The summed E-state index contributed by atoms with van der Waals surface area (Å²) in [6.07, 6.45) is 0. The van der Waals surface area contributed by atoms with Gasteiger partial charge in [-0.15, -0.1) is 0 Å². The van der Waals surface area contributed by atoms with E-state index in [0.29, 0.717) is 15.6 Å². The van der Waals surface area contributed by atoms with Gasteiger partial charge in [-0.05, 0) is 53.3 Å². The first-order valence-corrected chi connectivity index (χ1v) is 8.25. The molecule has 0 saturated carbocycles. The number of carbonyl (C=O) groups excluding carboxylic acids is 1. The van der Waals surface area contributed by atoms with Crippen molar-refractivity contribution < 1.29 is 4.79 Å². The molecule has 120 valence electrons. The summed E-state index contributed by atoms with van der Waals surface area (Å²) in [5, 5.41) is 8.80. The maximum atomic E-state index is 12.2. The summed E-state index contributed by atoms with van der Waals surface area (Å²) in [5.41, 5.74) is 1.14. The van der Waals surface area contributed by atoms with Gasteiger partial charge in [0.05, 0.1) is 0 Å². The summed E-state index contributed by atoms with van der Waals surface area (Å²) in [6, 6.07) is 18.5. The first kappa shape index (κ1) is 16.7. The van der Waals surface area contributed by atoms with E-state index in [1.54, 1.807) is 6.07 Å². The van der Waals surface area contributed by atoms with Gasteiger partial charge in [0.2, 0.25) is 0 Å². The van der Waals surface area contributed by atoms with Crippen LogP contribution in [0.25, 0.3) is 10.8 Å². The van der Waals surface area contributed by atoms with Crippen molar-refractivity contribution in [3.8, 4) is 0 Å². The Morgan fingerprint density at radius 1 is 0.875 bits per heavy atom. The van der Waals surface area contributed by atoms with Crippen LogP contribution in [0.4, 0.5) is 5.69 Å². The number of thiocarbonyl (C=S) groups is 1. The summed E-state index contributed by atoms with van der Waals surface area (Å²) < 4.78 is 0. The number of hydrogen-bond donors (Lipinski definition) is 2. The van der Waals surface area contributed by atoms with Gasteiger partial charge in [-0.25, -0.2) is 0 Å². The van der Waals surface area contributed by atoms with Gasteiger partial charge < -0.3 is 5.32 Å². The van der Waals surface area contributed by atoms with Gasteiger partial charge in [-0.2, -0.15) is 0 Å². The lowest BCUT2D eigenvalue weighted by Crippen LogP contribution is -2.34. The zero-order chi connectivity index (χ0) is 17.1. The Kier molecular flexibility index (Phi) is 5.00. The zero-order valence-corrected chi connectivity index (χ0v) is 14.7. The second-order valence-electron chi connectivity index (χ2n) is 5.13. The zero-order valence-electron chi connectivity index (χ0n) is 12.3. The largest absolute Gasteiger partial charge is 0.332 e. The summed E-state index contributed by atoms with van der Waals surface area (Å²) in [7, 11) is 0. The maximum Gasteiger partial charge on any atom is 0.257 e. The molecule has 3 rings (SSSR count). The van der Waals surface area contributed by atoms with Gasteiger partial charge in [-0.3, -0.25) is 10.1 Å². The van der Waals surface area contributed by atoms with Gasteiger partial charge in [0.25, 0.3) is 5.91 Å². The Morgan fingerprint density at radius 3 is 2.25 bits per heavy atom. The second-order valence-corrected chi connectivity index (χ2v) is 6.41. The Labute approximate surface area is 154 Å². The molecule has 6 heteroatoms. The molecule has 0 aliphatic carbocycles. The first-order chi connectivity index (χ1) is 11.5. The van der Waals surface area contributed by atoms with Crippen LogP contribution < -0.4 is 10.6 Å². The number of rotatable bonds is 2. The van der Waals surface area contributed by atoms with Crippen LogP contribution in [-0.4, -0.2) is 11.0 Å². The molecule has 0 aromatic heterocycles. The molecule has 0 radical (unpaired) electrons. The molecule has 3 aromatic carbocycles. The van der Waals surface area contributed by atoms with Crippen LogP contribution >= 0.6 is 35.4 Å². The third-order valence-corrected chi connectivity index (χ3v) is 4.00. The fraction of sp³-hybridized carbons (Fsp3) is 0. The van der Waals surface area contributed by atoms with Crippen molar-refractivity contribution in [3.05, 3.63) is 76.3 Å². The van der Waals surface area contributed by atoms with Crippen molar-refractivity contribution in [3.63, 3.8) is 0 Å². The SMILES string of the molecule is O=C(NC(=S)Nc1ccc2ccccc2c1)c1cc(Cl)cc(Cl)c1. The molecule has 0 unspecified atom stereocenters. The number of anilines is 1. The molecule has 0 aliphatic heterocycles. The molecule has 3 nitrogen and oxygen atoms in total. The first-order valence-electron chi connectivity index (χ1n) is 7.08. The molecule has 1 amide bonds. The number of benzene rings is 3. The minimum atomic E-state index is -0.377. The highest BCUT2D eigenvalue weighted by atomic mass is 35.5. The quantitative estimate of drug-likeness (QED) is 0.600. The van der Waals surface area contributed by atoms with Crippen LogP contribution in [0.2, 0.25) is 10.0 Å². The lowest BCUT2D eigenvalue weighted by Gasteiger charge is -2.11. The van der Waals surface area contributed by atoms with Gasteiger partial charge >= 0.3 is 0 Å². The number of carbonyl (C=O) groups is 1. The average molecular weight is 375 g/mol. The molecule has 3 aromatic rings. The predicted octanol–water partition coefficient (Wildman–Crippen LogP) is 5.27. The molecule has 2 N–H and O–H groups in total. The monoisotopic (exact) mass is 374 g/mol. The van der Waals surface area contributed by atoms with Crippen molar-refractivity contribution in [1.82, 2.24) is 5.32 Å². The normalized spacial score (nSPS) is 10.4. The number of halogens is 2. The molecule has 0 bridgehead atoms. The molecule has 0 spiro atoms. The van der Waals surface area contributed by atoms with Crippen molar-refractivity contribution in [2.24, 2.45) is 0 Å². The van der Waals surface area contributed by atoms with Crippen LogP contribution in [-0.2, 0) is 0 Å². The van der Waals surface area contributed by atoms with E-state index in [9.17, 15) is 4.79 Å². The Morgan fingerprint density at radius 2 is 1.54 bits per heavy atom. The van der Waals surface area contributed by atoms with E-state index in [4.69, 9.17) is 35.4 Å². The molecule has 0 heterocycles. The van der Waals surface area contributed by atoms with Gasteiger partial charge in [0, 0.05) is 21.3 Å². The van der Waals surface area contributed by atoms with Gasteiger partial charge in [0.15, 0.2) is 5.11 Å². The number of fused-ring (bicyclic) bond motifs is 1. The standard InChI is InChI=1S/C18H12Cl2N2OS/c19-14-7-13(8-15(20)10-14)17(23)22-18(24)21-16-6-5-11-3-1-2-4-12(11)9-16/h1-10H,(H2,21,22,23,24). The van der Waals surface area contributed by atoms with E-state index >= 15 is 0 Å². The van der Waals surface area contributed by atoms with E-state index in [2.05, 4.69) is 10.6 Å². The lowest BCUT2D eigenvalue weighted by molar-refractivity contribution is 0.0977. The van der Waals surface area contributed by atoms with Crippen molar-refractivity contribution in [2.75, 3.05) is 5.32 Å². The minimum absolute atomic E-state index is 0.200. The van der Waals surface area contributed by atoms with E-state index in [1.165, 1.54) is 12.1 Å². The minimum Gasteiger partial charge on any atom is -0.332 e. The molecule has 0 fully saturated rings. The van der Waals surface area contributed by atoms with Crippen LogP contribution in [0.5, 0.6) is 0 Å². The fourth-order valence-corrected chi connectivity index (χ4v) is 3.03. The van der Waals surface area contributed by atoms with E-state index in [-0.39, 0.29) is 11.0 Å². The number of hydrogen-bond acceptors (Lipinski definition) is 2. The molecule has 0 saturated heterocycles. The topological polar surface area (TPSA) is 41.1 Å². The molecule has 24 heavy (non-hydrogen) atoms. The van der Waals surface area contributed by atoms with E-state index in [1.807, 2.05) is 42.5 Å². The summed E-state index contributed by atoms with van der Waals surface area (Å²) in [6.45, 7) is 0. The summed E-state index contributed by atoms with van der Waals surface area (Å²) in [4.78, 5) is 12.2. The maximum absolute atomic E-state index is 12.2. The third kappa shape index (κ3) is 4.03. The van der Waals surface area contributed by atoms with Crippen LogP contribution in [0.3, 0.4) is 0 Å². The van der Waals surface area contributed by atoms with E-state index < -0.39 is 0 Å². The van der Waals surface area contributed by atoms with Crippen molar-refractivity contribution in [1.29, 1.82) is 0 Å². The summed E-state index contributed by atoms with van der Waals surface area (Å²) >= 11 is 17.0. The van der Waals surface area contributed by atoms with Crippen LogP contribution in [0.15, 0.2) is 60.7 Å². The highest BCUT2D eigenvalue weighted by Gasteiger charge is 2.10. The molecular weight excluding hydrogens is 363 g/mol.